The van der Waals surface area contributed by atoms with E-state index >= 15 is 0 Å². The average Bonchev–Trinajstić information content (AvgIpc) is 3.17. The first-order chi connectivity index (χ1) is 9.34. The molecule has 3 aromatic rings. The van der Waals surface area contributed by atoms with Crippen LogP contribution in [0.2, 0.25) is 0 Å². The Balaban J connectivity index is 1.87. The second-order valence-electron chi connectivity index (χ2n) is 3.86. The molecular weight excluding hydrogens is 280 g/mol. The number of carbonyl (C=O) groups is 1. The van der Waals surface area contributed by atoms with Crippen LogP contribution in [0.4, 0.5) is 0 Å². The van der Waals surface area contributed by atoms with E-state index in [4.69, 9.17) is 4.52 Å². The van der Waals surface area contributed by atoms with E-state index < -0.39 is 0 Å². The van der Waals surface area contributed by atoms with E-state index in [2.05, 4.69) is 10.5 Å². The van der Waals surface area contributed by atoms with Crippen molar-refractivity contribution in [2.45, 2.75) is 6.04 Å². The van der Waals surface area contributed by atoms with Gasteiger partial charge in [-0.1, -0.05) is 11.2 Å². The highest BCUT2D eigenvalue weighted by Gasteiger charge is 2.20. The van der Waals surface area contributed by atoms with Gasteiger partial charge in [-0.3, -0.25) is 4.79 Å². The number of thiophene rings is 2. The summed E-state index contributed by atoms with van der Waals surface area (Å²) in [5.41, 5.74) is 1.07. The SMILES string of the molecule is O=C(N[C@@H](c1ccsc1)c1cccs1)c1ccno1. The molecule has 0 spiro atoms. The summed E-state index contributed by atoms with van der Waals surface area (Å²) in [7, 11) is 0. The summed E-state index contributed by atoms with van der Waals surface area (Å²) in [5, 5.41) is 12.5. The normalized spacial score (nSPS) is 12.2. The number of nitrogens with one attached hydrogen (secondary N) is 1. The summed E-state index contributed by atoms with van der Waals surface area (Å²) < 4.78 is 4.87. The third-order valence-corrected chi connectivity index (χ3v) is 4.28. The molecule has 3 heterocycles. The van der Waals surface area contributed by atoms with Crippen LogP contribution in [0.1, 0.15) is 27.0 Å². The zero-order chi connectivity index (χ0) is 13.1. The van der Waals surface area contributed by atoms with Gasteiger partial charge in [-0.15, -0.1) is 11.3 Å². The molecule has 6 heteroatoms. The predicted molar refractivity (Wildman–Crippen MR) is 74.5 cm³/mol. The van der Waals surface area contributed by atoms with E-state index in [9.17, 15) is 4.79 Å². The Morgan fingerprint density at radius 3 is 2.89 bits per heavy atom. The molecule has 0 saturated heterocycles. The number of hydrogen-bond donors (Lipinski definition) is 1. The minimum atomic E-state index is -0.262. The van der Waals surface area contributed by atoms with Crippen LogP contribution in [-0.2, 0) is 0 Å². The van der Waals surface area contributed by atoms with E-state index in [1.807, 2.05) is 34.3 Å². The second-order valence-corrected chi connectivity index (χ2v) is 5.61. The van der Waals surface area contributed by atoms with Crippen molar-refractivity contribution in [2.24, 2.45) is 0 Å². The van der Waals surface area contributed by atoms with Gasteiger partial charge < -0.3 is 9.84 Å². The molecule has 19 heavy (non-hydrogen) atoms. The monoisotopic (exact) mass is 290 g/mol. The fourth-order valence-electron chi connectivity index (χ4n) is 1.75. The molecule has 0 aromatic carbocycles. The molecule has 0 fully saturated rings. The molecule has 96 valence electrons. The van der Waals surface area contributed by atoms with Crippen LogP contribution in [0.3, 0.4) is 0 Å². The Morgan fingerprint density at radius 2 is 2.26 bits per heavy atom. The zero-order valence-corrected chi connectivity index (χ0v) is 11.4. The highest BCUT2D eigenvalue weighted by molar-refractivity contribution is 7.10. The van der Waals surface area contributed by atoms with E-state index in [1.165, 1.54) is 6.20 Å². The number of aromatic nitrogens is 1. The first-order valence-corrected chi connectivity index (χ1v) is 7.44. The molecular formula is C13H10N2O2S2. The number of nitrogens with zero attached hydrogens (tertiary/aromatic N) is 1. The molecule has 0 saturated carbocycles. The van der Waals surface area contributed by atoms with Gasteiger partial charge >= 0.3 is 0 Å². The van der Waals surface area contributed by atoms with Gasteiger partial charge in [0.1, 0.15) is 0 Å². The smallest absolute Gasteiger partial charge is 0.290 e. The van der Waals surface area contributed by atoms with Crippen molar-refractivity contribution in [1.82, 2.24) is 10.5 Å². The summed E-state index contributed by atoms with van der Waals surface area (Å²) in [4.78, 5) is 13.2. The van der Waals surface area contributed by atoms with Gasteiger partial charge in [-0.05, 0) is 33.8 Å². The molecule has 1 N–H and O–H groups in total. The minimum Gasteiger partial charge on any atom is -0.351 e. The maximum Gasteiger partial charge on any atom is 0.290 e. The molecule has 0 radical (unpaired) electrons. The molecule has 0 bridgehead atoms. The van der Waals surface area contributed by atoms with Gasteiger partial charge in [0.25, 0.3) is 5.91 Å². The van der Waals surface area contributed by atoms with Crippen LogP contribution in [0.5, 0.6) is 0 Å². The molecule has 4 nitrogen and oxygen atoms in total. The first kappa shape index (κ1) is 12.1. The van der Waals surface area contributed by atoms with Crippen molar-refractivity contribution in [2.75, 3.05) is 0 Å². The summed E-state index contributed by atoms with van der Waals surface area (Å²) in [5.74, 6) is -0.0427. The third kappa shape index (κ3) is 2.59. The Kier molecular flexibility index (Phi) is 3.43. The molecule has 1 atom stereocenters. The van der Waals surface area contributed by atoms with Crippen molar-refractivity contribution in [1.29, 1.82) is 0 Å². The highest BCUT2D eigenvalue weighted by Crippen LogP contribution is 2.27. The lowest BCUT2D eigenvalue weighted by Crippen LogP contribution is -2.28. The molecule has 0 aliphatic carbocycles. The van der Waals surface area contributed by atoms with E-state index in [0.29, 0.717) is 0 Å². The molecule has 3 rings (SSSR count). The van der Waals surface area contributed by atoms with Crippen molar-refractivity contribution in [3.63, 3.8) is 0 Å². The quantitative estimate of drug-likeness (QED) is 0.802. The summed E-state index contributed by atoms with van der Waals surface area (Å²) in [6, 6.07) is 7.39. The highest BCUT2D eigenvalue weighted by atomic mass is 32.1. The molecule has 1 amide bonds. The Hall–Kier alpha value is -1.92. The molecule has 0 aliphatic rings. The molecule has 3 aromatic heterocycles. The average molecular weight is 290 g/mol. The minimum absolute atomic E-state index is 0.149. The number of amides is 1. The number of rotatable bonds is 4. The lowest BCUT2D eigenvalue weighted by Gasteiger charge is -2.15. The standard InChI is InChI=1S/C13H10N2O2S2/c16-13(10-3-5-14-17-10)15-12(9-4-7-18-8-9)11-2-1-6-19-11/h1-8,12H,(H,15,16)/t12-/m0/s1. The van der Waals surface area contributed by atoms with Gasteiger partial charge in [-0.25, -0.2) is 0 Å². The van der Waals surface area contributed by atoms with Gasteiger partial charge in [-0.2, -0.15) is 11.3 Å². The molecule has 0 aliphatic heterocycles. The van der Waals surface area contributed by atoms with Crippen LogP contribution in [-0.4, -0.2) is 11.1 Å². The summed E-state index contributed by atoms with van der Waals surface area (Å²) in [6.45, 7) is 0. The van der Waals surface area contributed by atoms with Crippen LogP contribution >= 0.6 is 22.7 Å². The number of carbonyl (C=O) groups excluding carboxylic acids is 1. The lowest BCUT2D eigenvalue weighted by atomic mass is 10.1. The van der Waals surface area contributed by atoms with Gasteiger partial charge in [0.2, 0.25) is 5.76 Å². The van der Waals surface area contributed by atoms with Crippen molar-refractivity contribution >= 4 is 28.6 Å². The Bertz CT molecular complexity index is 596. The van der Waals surface area contributed by atoms with Gasteiger partial charge in [0.05, 0.1) is 12.2 Å². The van der Waals surface area contributed by atoms with Crippen LogP contribution in [0.25, 0.3) is 0 Å². The lowest BCUT2D eigenvalue weighted by molar-refractivity contribution is 0.0906. The first-order valence-electron chi connectivity index (χ1n) is 5.61. The largest absolute Gasteiger partial charge is 0.351 e. The van der Waals surface area contributed by atoms with Crippen LogP contribution < -0.4 is 5.32 Å². The Morgan fingerprint density at radius 1 is 1.32 bits per heavy atom. The number of hydrogen-bond acceptors (Lipinski definition) is 5. The van der Waals surface area contributed by atoms with Crippen LogP contribution in [0.15, 0.2) is 51.1 Å². The fourth-order valence-corrected chi connectivity index (χ4v) is 3.24. The topological polar surface area (TPSA) is 55.1 Å². The molecule has 0 unspecified atom stereocenters. The van der Waals surface area contributed by atoms with E-state index in [1.54, 1.807) is 28.7 Å². The van der Waals surface area contributed by atoms with Crippen molar-refractivity contribution in [3.05, 3.63) is 62.8 Å². The van der Waals surface area contributed by atoms with Crippen LogP contribution in [0, 0.1) is 0 Å². The Labute approximate surface area is 117 Å². The van der Waals surface area contributed by atoms with Gasteiger partial charge in [0.15, 0.2) is 0 Å². The van der Waals surface area contributed by atoms with E-state index in [-0.39, 0.29) is 17.7 Å². The van der Waals surface area contributed by atoms with E-state index in [0.717, 1.165) is 10.4 Å². The third-order valence-electron chi connectivity index (χ3n) is 2.64. The van der Waals surface area contributed by atoms with Crippen molar-refractivity contribution < 1.29 is 9.32 Å². The van der Waals surface area contributed by atoms with Gasteiger partial charge in [0, 0.05) is 10.9 Å². The fraction of sp³-hybridized carbons (Fsp3) is 0.0769. The predicted octanol–water partition coefficient (Wildman–Crippen LogP) is 3.32. The zero-order valence-electron chi connectivity index (χ0n) is 9.78. The summed E-state index contributed by atoms with van der Waals surface area (Å²) in [6.07, 6.45) is 1.46. The summed E-state index contributed by atoms with van der Waals surface area (Å²) >= 11 is 3.22. The maximum absolute atomic E-state index is 12.1. The maximum atomic E-state index is 12.1. The van der Waals surface area contributed by atoms with Crippen molar-refractivity contribution in [3.8, 4) is 0 Å². The second kappa shape index (κ2) is 5.38.